The summed E-state index contributed by atoms with van der Waals surface area (Å²) >= 11 is 5.66. The van der Waals surface area contributed by atoms with Crippen LogP contribution in [0.3, 0.4) is 0 Å². The molecule has 0 aromatic carbocycles. The highest BCUT2D eigenvalue weighted by molar-refractivity contribution is 6.28. The number of aromatic nitrogens is 3. The fraction of sp³-hybridized carbons (Fsp3) is 0.100. The average molecular weight is 224 g/mol. The standard InChI is InChI=1S/C10H7ClFN3/c1-6-4-14-10(11)15-9(6)7-2-3-13-5-8(7)12/h2-5H,1H3. The van der Waals surface area contributed by atoms with E-state index in [0.717, 1.165) is 11.8 Å². The summed E-state index contributed by atoms with van der Waals surface area (Å²) < 4.78 is 13.4. The van der Waals surface area contributed by atoms with E-state index in [2.05, 4.69) is 15.0 Å². The van der Waals surface area contributed by atoms with E-state index in [1.807, 2.05) is 0 Å². The molecular formula is C10H7ClFN3. The maximum absolute atomic E-state index is 13.4. The Morgan fingerprint density at radius 2 is 2.13 bits per heavy atom. The van der Waals surface area contributed by atoms with Crippen molar-refractivity contribution in [1.29, 1.82) is 0 Å². The molecule has 76 valence electrons. The smallest absolute Gasteiger partial charge is 0.222 e. The number of hydrogen-bond acceptors (Lipinski definition) is 3. The summed E-state index contributed by atoms with van der Waals surface area (Å²) in [5.74, 6) is -0.421. The lowest BCUT2D eigenvalue weighted by Gasteiger charge is -2.04. The van der Waals surface area contributed by atoms with E-state index in [4.69, 9.17) is 11.6 Å². The molecule has 15 heavy (non-hydrogen) atoms. The number of hydrogen-bond donors (Lipinski definition) is 0. The van der Waals surface area contributed by atoms with E-state index in [-0.39, 0.29) is 5.28 Å². The Kier molecular flexibility index (Phi) is 2.60. The highest BCUT2D eigenvalue weighted by Crippen LogP contribution is 2.23. The molecule has 0 aliphatic heterocycles. The zero-order chi connectivity index (χ0) is 10.8. The molecule has 0 saturated heterocycles. The largest absolute Gasteiger partial charge is 0.262 e. The Morgan fingerprint density at radius 3 is 2.87 bits per heavy atom. The quantitative estimate of drug-likeness (QED) is 0.698. The first kappa shape index (κ1) is 9.98. The van der Waals surface area contributed by atoms with Crippen molar-refractivity contribution in [3.05, 3.63) is 41.3 Å². The van der Waals surface area contributed by atoms with Crippen molar-refractivity contribution in [2.24, 2.45) is 0 Å². The van der Waals surface area contributed by atoms with Gasteiger partial charge in [-0.1, -0.05) is 0 Å². The van der Waals surface area contributed by atoms with Gasteiger partial charge in [0, 0.05) is 18.0 Å². The van der Waals surface area contributed by atoms with Crippen molar-refractivity contribution in [3.63, 3.8) is 0 Å². The number of nitrogens with zero attached hydrogens (tertiary/aromatic N) is 3. The summed E-state index contributed by atoms with van der Waals surface area (Å²) in [5.41, 5.74) is 1.64. The average Bonchev–Trinajstić information content (AvgIpc) is 2.23. The molecule has 0 N–H and O–H groups in total. The van der Waals surface area contributed by atoms with Gasteiger partial charge < -0.3 is 0 Å². The monoisotopic (exact) mass is 223 g/mol. The van der Waals surface area contributed by atoms with Crippen molar-refractivity contribution in [2.75, 3.05) is 0 Å². The number of halogens is 2. The van der Waals surface area contributed by atoms with Crippen LogP contribution < -0.4 is 0 Å². The topological polar surface area (TPSA) is 38.7 Å². The fourth-order valence-corrected chi connectivity index (χ4v) is 1.39. The molecule has 5 heteroatoms. The lowest BCUT2D eigenvalue weighted by atomic mass is 10.1. The van der Waals surface area contributed by atoms with E-state index in [1.165, 1.54) is 6.20 Å². The van der Waals surface area contributed by atoms with Gasteiger partial charge in [0.1, 0.15) is 0 Å². The molecule has 2 heterocycles. The van der Waals surface area contributed by atoms with Crippen LogP contribution in [0.1, 0.15) is 5.56 Å². The van der Waals surface area contributed by atoms with Crippen LogP contribution in [0.25, 0.3) is 11.3 Å². The maximum atomic E-state index is 13.4. The zero-order valence-electron chi connectivity index (χ0n) is 7.91. The first-order valence-electron chi connectivity index (χ1n) is 4.27. The number of rotatable bonds is 1. The van der Waals surface area contributed by atoms with Gasteiger partial charge in [0.05, 0.1) is 11.9 Å². The predicted octanol–water partition coefficient (Wildman–Crippen LogP) is 2.64. The molecule has 0 radical (unpaired) electrons. The molecule has 0 spiro atoms. The van der Waals surface area contributed by atoms with Crippen LogP contribution in [0.15, 0.2) is 24.7 Å². The molecule has 0 unspecified atom stereocenters. The molecule has 0 fully saturated rings. The first-order chi connectivity index (χ1) is 7.18. The third kappa shape index (κ3) is 1.94. The lowest BCUT2D eigenvalue weighted by Crippen LogP contribution is -1.94. The minimum atomic E-state index is -0.421. The van der Waals surface area contributed by atoms with Crippen LogP contribution in [0.4, 0.5) is 4.39 Å². The molecule has 2 aromatic rings. The molecule has 0 amide bonds. The molecule has 0 atom stereocenters. The van der Waals surface area contributed by atoms with E-state index in [1.54, 1.807) is 19.2 Å². The Balaban J connectivity index is 2.64. The van der Waals surface area contributed by atoms with Gasteiger partial charge in [0.2, 0.25) is 5.28 Å². The molecule has 2 rings (SSSR count). The normalized spacial score (nSPS) is 10.3. The SMILES string of the molecule is Cc1cnc(Cl)nc1-c1ccncc1F. The highest BCUT2D eigenvalue weighted by atomic mass is 35.5. The Morgan fingerprint density at radius 1 is 1.33 bits per heavy atom. The van der Waals surface area contributed by atoms with E-state index < -0.39 is 5.82 Å². The number of pyridine rings is 1. The van der Waals surface area contributed by atoms with Gasteiger partial charge in [-0.2, -0.15) is 0 Å². The van der Waals surface area contributed by atoms with Crippen molar-refractivity contribution in [3.8, 4) is 11.3 Å². The Labute approximate surface area is 91.0 Å². The minimum absolute atomic E-state index is 0.104. The van der Waals surface area contributed by atoms with Crippen molar-refractivity contribution >= 4 is 11.6 Å². The Bertz CT molecular complexity index is 502. The second kappa shape index (κ2) is 3.90. The van der Waals surface area contributed by atoms with Crippen LogP contribution in [0.2, 0.25) is 5.28 Å². The van der Waals surface area contributed by atoms with E-state index >= 15 is 0 Å². The van der Waals surface area contributed by atoms with Gasteiger partial charge in [0.15, 0.2) is 5.82 Å². The highest BCUT2D eigenvalue weighted by Gasteiger charge is 2.09. The van der Waals surface area contributed by atoms with E-state index in [0.29, 0.717) is 11.3 Å². The summed E-state index contributed by atoms with van der Waals surface area (Å²) in [5, 5.41) is 0.104. The Hall–Kier alpha value is -1.55. The van der Waals surface area contributed by atoms with Crippen LogP contribution in [0.5, 0.6) is 0 Å². The third-order valence-electron chi connectivity index (χ3n) is 1.97. The second-order valence-corrected chi connectivity index (χ2v) is 3.36. The predicted molar refractivity (Wildman–Crippen MR) is 55.0 cm³/mol. The van der Waals surface area contributed by atoms with Crippen molar-refractivity contribution in [1.82, 2.24) is 15.0 Å². The van der Waals surface area contributed by atoms with Gasteiger partial charge in [-0.05, 0) is 30.2 Å². The van der Waals surface area contributed by atoms with Crippen LogP contribution in [-0.4, -0.2) is 15.0 Å². The van der Waals surface area contributed by atoms with E-state index in [9.17, 15) is 4.39 Å². The fourth-order valence-electron chi connectivity index (χ4n) is 1.26. The molecule has 0 saturated carbocycles. The maximum Gasteiger partial charge on any atom is 0.222 e. The summed E-state index contributed by atoms with van der Waals surface area (Å²) in [7, 11) is 0. The van der Waals surface area contributed by atoms with Gasteiger partial charge in [-0.25, -0.2) is 14.4 Å². The van der Waals surface area contributed by atoms with Gasteiger partial charge in [-0.3, -0.25) is 4.98 Å². The molecular weight excluding hydrogens is 217 g/mol. The summed E-state index contributed by atoms with van der Waals surface area (Å²) in [6, 6.07) is 1.56. The summed E-state index contributed by atoms with van der Waals surface area (Å²) in [4.78, 5) is 11.5. The van der Waals surface area contributed by atoms with Crippen LogP contribution >= 0.6 is 11.6 Å². The van der Waals surface area contributed by atoms with Gasteiger partial charge in [-0.15, -0.1) is 0 Å². The lowest BCUT2D eigenvalue weighted by molar-refractivity contribution is 0.624. The molecule has 3 nitrogen and oxygen atoms in total. The van der Waals surface area contributed by atoms with Crippen LogP contribution in [-0.2, 0) is 0 Å². The van der Waals surface area contributed by atoms with Gasteiger partial charge >= 0.3 is 0 Å². The third-order valence-corrected chi connectivity index (χ3v) is 2.15. The zero-order valence-corrected chi connectivity index (χ0v) is 8.66. The van der Waals surface area contributed by atoms with Crippen molar-refractivity contribution in [2.45, 2.75) is 6.92 Å². The molecule has 0 bridgehead atoms. The van der Waals surface area contributed by atoms with Crippen molar-refractivity contribution < 1.29 is 4.39 Å². The summed E-state index contributed by atoms with van der Waals surface area (Å²) in [6.07, 6.45) is 4.21. The molecule has 0 aliphatic carbocycles. The molecule has 0 aliphatic rings. The van der Waals surface area contributed by atoms with Crippen LogP contribution in [0, 0.1) is 12.7 Å². The van der Waals surface area contributed by atoms with Gasteiger partial charge in [0.25, 0.3) is 0 Å². The number of aryl methyl sites for hydroxylation is 1. The second-order valence-electron chi connectivity index (χ2n) is 3.03. The molecule has 2 aromatic heterocycles. The first-order valence-corrected chi connectivity index (χ1v) is 4.65. The summed E-state index contributed by atoms with van der Waals surface area (Å²) in [6.45, 7) is 1.80. The minimum Gasteiger partial charge on any atom is -0.262 e.